The van der Waals surface area contributed by atoms with Crippen molar-refractivity contribution in [2.45, 2.75) is 70.0 Å². The summed E-state index contributed by atoms with van der Waals surface area (Å²) in [4.78, 5) is 19.6. The number of β-amino-alcohol motifs (C(OH)–C–C–N with tert-alkyl or cyclic N) is 1. The number of carbonyl (C=O) groups excluding carboxylic acids is 1. The van der Waals surface area contributed by atoms with Gasteiger partial charge in [-0.2, -0.15) is 0 Å². The number of piperidine rings is 1. The first-order valence-electron chi connectivity index (χ1n) is 18.3. The molecule has 6 rings (SSSR count). The molecule has 3 aromatic carbocycles. The minimum absolute atomic E-state index is 0.0250. The van der Waals surface area contributed by atoms with E-state index in [2.05, 4.69) is 15.9 Å². The van der Waals surface area contributed by atoms with Gasteiger partial charge >= 0.3 is 0 Å². The number of benzene rings is 3. The van der Waals surface area contributed by atoms with Crippen molar-refractivity contribution in [3.05, 3.63) is 83.7 Å². The van der Waals surface area contributed by atoms with E-state index in [1.807, 2.05) is 56.3 Å². The number of methoxy groups -OCH3 is 1. The second-order valence-corrected chi connectivity index (χ2v) is 14.4. The van der Waals surface area contributed by atoms with E-state index in [1.54, 1.807) is 24.1 Å². The van der Waals surface area contributed by atoms with E-state index in [1.165, 1.54) is 6.07 Å². The van der Waals surface area contributed by atoms with Crippen molar-refractivity contribution in [3.63, 3.8) is 0 Å². The molecule has 2 saturated heterocycles. The molecule has 276 valence electrons. The Kier molecular flexibility index (Phi) is 12.3. The number of aliphatic hydroxyl groups is 1. The number of nitrogens with zero attached hydrogens (tertiary/aromatic N) is 3. The van der Waals surface area contributed by atoms with Gasteiger partial charge < -0.3 is 44.5 Å². The molecular formula is C40H53FN4O6. The number of ether oxygens (including phenoxy) is 4. The van der Waals surface area contributed by atoms with E-state index in [9.17, 15) is 14.3 Å². The Bertz CT molecular complexity index is 1590. The summed E-state index contributed by atoms with van der Waals surface area (Å²) in [6.45, 7) is 9.35. The van der Waals surface area contributed by atoms with Crippen LogP contribution in [0.1, 0.15) is 50.2 Å². The Morgan fingerprint density at radius 2 is 1.88 bits per heavy atom. The Morgan fingerprint density at radius 1 is 1.06 bits per heavy atom. The van der Waals surface area contributed by atoms with Gasteiger partial charge in [0.15, 0.2) is 0 Å². The van der Waals surface area contributed by atoms with Gasteiger partial charge in [0, 0.05) is 57.9 Å². The van der Waals surface area contributed by atoms with Crippen molar-refractivity contribution in [3.8, 4) is 11.5 Å². The molecule has 3 aliphatic heterocycles. The molecule has 3 aliphatic rings. The van der Waals surface area contributed by atoms with E-state index >= 15 is 0 Å². The Labute approximate surface area is 301 Å². The summed E-state index contributed by atoms with van der Waals surface area (Å²) in [5.41, 5.74) is 10.1. The molecule has 3 heterocycles. The molecule has 11 heteroatoms. The molecule has 2 unspecified atom stereocenters. The monoisotopic (exact) mass is 704 g/mol. The number of amides is 1. The van der Waals surface area contributed by atoms with Gasteiger partial charge in [-0.25, -0.2) is 4.39 Å². The van der Waals surface area contributed by atoms with E-state index in [0.717, 1.165) is 66.5 Å². The van der Waals surface area contributed by atoms with E-state index < -0.39 is 18.2 Å². The van der Waals surface area contributed by atoms with Gasteiger partial charge in [-0.15, -0.1) is 0 Å². The maximum absolute atomic E-state index is 13.8. The molecule has 0 bridgehead atoms. The lowest BCUT2D eigenvalue weighted by molar-refractivity contribution is -0.143. The van der Waals surface area contributed by atoms with Crippen molar-refractivity contribution in [1.82, 2.24) is 4.90 Å². The maximum atomic E-state index is 13.8. The predicted molar refractivity (Wildman–Crippen MR) is 196 cm³/mol. The van der Waals surface area contributed by atoms with Gasteiger partial charge in [0.1, 0.15) is 30.0 Å². The zero-order chi connectivity index (χ0) is 35.9. The molecule has 0 saturated carbocycles. The molecule has 0 aromatic heterocycles. The molecule has 2 fully saturated rings. The van der Waals surface area contributed by atoms with E-state index in [4.69, 9.17) is 24.7 Å². The highest BCUT2D eigenvalue weighted by molar-refractivity contribution is 5.82. The number of hydrogen-bond donors (Lipinski definition) is 2. The summed E-state index contributed by atoms with van der Waals surface area (Å²) < 4.78 is 38.0. The van der Waals surface area contributed by atoms with Crippen molar-refractivity contribution in [2.75, 3.05) is 69.4 Å². The molecule has 51 heavy (non-hydrogen) atoms. The van der Waals surface area contributed by atoms with Crippen molar-refractivity contribution in [2.24, 2.45) is 11.7 Å². The summed E-state index contributed by atoms with van der Waals surface area (Å²) in [6, 6.07) is 20.0. The Hall–Kier alpha value is -3.90. The fourth-order valence-corrected chi connectivity index (χ4v) is 7.54. The Morgan fingerprint density at radius 3 is 2.65 bits per heavy atom. The fourth-order valence-electron chi connectivity index (χ4n) is 7.54. The second kappa shape index (κ2) is 17.1. The lowest BCUT2D eigenvalue weighted by Gasteiger charge is -2.42. The first-order chi connectivity index (χ1) is 24.7. The van der Waals surface area contributed by atoms with Crippen LogP contribution in [0.25, 0.3) is 0 Å². The van der Waals surface area contributed by atoms with Crippen molar-refractivity contribution < 1.29 is 33.2 Å². The lowest BCUT2D eigenvalue weighted by Crippen LogP contribution is -2.57. The summed E-state index contributed by atoms with van der Waals surface area (Å²) in [7, 11) is 1.72. The van der Waals surface area contributed by atoms with Gasteiger partial charge in [0.25, 0.3) is 0 Å². The zero-order valence-electron chi connectivity index (χ0n) is 30.1. The number of carbonyl (C=O) groups is 1. The van der Waals surface area contributed by atoms with E-state index in [-0.39, 0.29) is 36.2 Å². The largest absolute Gasteiger partial charge is 0.490 e. The molecule has 3 N–H and O–H groups in total. The third-order valence-corrected chi connectivity index (χ3v) is 10.1. The molecule has 0 aliphatic carbocycles. The van der Waals surface area contributed by atoms with E-state index in [0.29, 0.717) is 39.3 Å². The Balaban J connectivity index is 1.16. The number of aliphatic hydroxyl groups excluding tert-OH is 1. The third-order valence-electron chi connectivity index (χ3n) is 10.1. The molecule has 0 spiro atoms. The van der Waals surface area contributed by atoms with Gasteiger partial charge in [-0.1, -0.05) is 38.1 Å². The molecule has 5 atom stereocenters. The molecule has 10 nitrogen and oxygen atoms in total. The van der Waals surface area contributed by atoms with Crippen LogP contribution >= 0.6 is 0 Å². The summed E-state index contributed by atoms with van der Waals surface area (Å²) in [5, 5.41) is 11.6. The van der Waals surface area contributed by atoms with Crippen molar-refractivity contribution >= 4 is 17.3 Å². The summed E-state index contributed by atoms with van der Waals surface area (Å²) >= 11 is 0. The van der Waals surface area contributed by atoms with Crippen molar-refractivity contribution in [1.29, 1.82) is 0 Å². The van der Waals surface area contributed by atoms with Gasteiger partial charge in [-0.3, -0.25) is 4.79 Å². The lowest BCUT2D eigenvalue weighted by atomic mass is 9.84. The van der Waals surface area contributed by atoms with Crippen LogP contribution < -0.4 is 25.0 Å². The molecular weight excluding hydrogens is 651 g/mol. The number of fused-ring (bicyclic) bond motifs is 1. The average Bonchev–Trinajstić information content (AvgIpc) is 3.59. The van der Waals surface area contributed by atoms with Crippen LogP contribution in [0, 0.1) is 11.7 Å². The minimum atomic E-state index is -0.853. The zero-order valence-corrected chi connectivity index (χ0v) is 30.1. The first-order valence-corrected chi connectivity index (χ1v) is 18.3. The third kappa shape index (κ3) is 9.32. The van der Waals surface area contributed by atoms with Crippen LogP contribution in [0.3, 0.4) is 0 Å². The SMILES string of the molecule is COCCCN1CCOc2ccc(CO[C@H]3CN(C(=O)C(N)CC(C)C)C[C@@H](O)[C@@H]3c3ccc(OC4CCN(c5cccc(F)c5)C4)cc3)cc21. The number of rotatable bonds is 14. The highest BCUT2D eigenvalue weighted by atomic mass is 19.1. The fraction of sp³-hybridized carbons (Fsp3) is 0.525. The van der Waals surface area contributed by atoms with Gasteiger partial charge in [0.2, 0.25) is 5.91 Å². The van der Waals surface area contributed by atoms with Crippen LogP contribution in [0.2, 0.25) is 0 Å². The summed E-state index contributed by atoms with van der Waals surface area (Å²) in [6.07, 6.45) is 0.963. The molecule has 1 amide bonds. The smallest absolute Gasteiger partial charge is 0.239 e. The number of anilines is 2. The topological polar surface area (TPSA) is 110 Å². The highest BCUT2D eigenvalue weighted by Gasteiger charge is 2.40. The number of nitrogens with two attached hydrogens (primary N) is 1. The van der Waals surface area contributed by atoms with Crippen LogP contribution in [0.4, 0.5) is 15.8 Å². The second-order valence-electron chi connectivity index (χ2n) is 14.4. The summed E-state index contributed by atoms with van der Waals surface area (Å²) in [5.74, 6) is 1.07. The normalized spacial score (nSPS) is 22.5. The number of likely N-dealkylation sites (tertiary alicyclic amines) is 1. The average molecular weight is 705 g/mol. The first kappa shape index (κ1) is 36.9. The predicted octanol–water partition coefficient (Wildman–Crippen LogP) is 4.96. The van der Waals surface area contributed by atoms with Gasteiger partial charge in [0.05, 0.1) is 43.6 Å². The minimum Gasteiger partial charge on any atom is -0.490 e. The van der Waals surface area contributed by atoms with Crippen LogP contribution in [-0.2, 0) is 20.9 Å². The standard InChI is InChI=1S/C40H53FN4O6/c1-27(2)20-34(42)40(47)45-24-36(46)39(29-9-11-32(12-10-29)51-33-14-16-44(23-33)31-7-4-6-30(41)22-31)38(25-45)50-26-28-8-13-37-35(21-28)43(17-19-49-37)15-5-18-48-3/h4,6-13,21-22,27,33-34,36,38-39,46H,5,14-20,23-26,42H2,1-3H3/t33?,34?,36-,38+,39+/m1/s1. The number of hydrogen-bond acceptors (Lipinski definition) is 9. The van der Waals surface area contributed by atoms with Crippen LogP contribution in [0.15, 0.2) is 66.7 Å². The maximum Gasteiger partial charge on any atom is 0.239 e. The quantitative estimate of drug-likeness (QED) is 0.225. The molecule has 0 radical (unpaired) electrons. The molecule has 3 aromatic rings. The number of halogens is 1. The van der Waals surface area contributed by atoms with Gasteiger partial charge in [-0.05, 0) is 72.4 Å². The highest BCUT2D eigenvalue weighted by Crippen LogP contribution is 2.36. The van der Waals surface area contributed by atoms with Crippen LogP contribution in [-0.4, -0.2) is 99.9 Å². The van der Waals surface area contributed by atoms with Crippen LogP contribution in [0.5, 0.6) is 11.5 Å².